The Hall–Kier alpha value is -2.66. The summed E-state index contributed by atoms with van der Waals surface area (Å²) < 4.78 is 0. The molecule has 0 bridgehead atoms. The van der Waals surface area contributed by atoms with Gasteiger partial charge in [-0.15, -0.1) is 0 Å². The van der Waals surface area contributed by atoms with Gasteiger partial charge in [0.05, 0.1) is 0 Å². The zero-order chi connectivity index (χ0) is 19.2. The molecule has 2 aromatic rings. The van der Waals surface area contributed by atoms with Crippen LogP contribution in [0.3, 0.4) is 0 Å². The van der Waals surface area contributed by atoms with E-state index in [1.807, 2.05) is 18.2 Å². The summed E-state index contributed by atoms with van der Waals surface area (Å²) in [7, 11) is 0. The lowest BCUT2D eigenvalue weighted by Crippen LogP contribution is -2.41. The molecule has 0 saturated heterocycles. The number of hydrogen-bond acceptors (Lipinski definition) is 3. The third-order valence-electron chi connectivity index (χ3n) is 4.67. The van der Waals surface area contributed by atoms with Gasteiger partial charge in [-0.2, -0.15) is 0 Å². The van der Waals surface area contributed by atoms with E-state index in [0.717, 1.165) is 19.3 Å². The van der Waals surface area contributed by atoms with E-state index in [-0.39, 0.29) is 18.6 Å². The number of hydrazine groups is 1. The lowest BCUT2D eigenvalue weighted by Gasteiger charge is -2.16. The summed E-state index contributed by atoms with van der Waals surface area (Å²) in [6.45, 7) is 0. The minimum absolute atomic E-state index is 0.0107. The topological polar surface area (TPSA) is 75.3 Å². The summed E-state index contributed by atoms with van der Waals surface area (Å²) in [6.07, 6.45) is 4.54. The van der Waals surface area contributed by atoms with Crippen LogP contribution in [-0.2, 0) is 17.6 Å². The standard InChI is InChI=1S/C21H21ClN2O3/c22-18-9-7-15(8-10-18)21(27)24-23-20(26)12-11-19(25)17-6-5-14-3-1-2-4-16(14)13-17/h5-10,13H,1-4,11-12H2,(H,23,26)(H,24,27). The highest BCUT2D eigenvalue weighted by atomic mass is 35.5. The SMILES string of the molecule is O=C(CCC(=O)c1ccc2c(c1)CCCC2)NNC(=O)c1ccc(Cl)cc1. The van der Waals surface area contributed by atoms with Crippen LogP contribution in [0.5, 0.6) is 0 Å². The van der Waals surface area contributed by atoms with E-state index in [0.29, 0.717) is 16.1 Å². The van der Waals surface area contributed by atoms with Crippen LogP contribution in [0.1, 0.15) is 57.5 Å². The maximum absolute atomic E-state index is 12.3. The first-order valence-electron chi connectivity index (χ1n) is 9.02. The molecule has 6 heteroatoms. The average Bonchev–Trinajstić information content (AvgIpc) is 2.70. The predicted octanol–water partition coefficient (Wildman–Crippen LogP) is 3.64. The monoisotopic (exact) mass is 384 g/mol. The molecule has 5 nitrogen and oxygen atoms in total. The molecule has 2 N–H and O–H groups in total. The van der Waals surface area contributed by atoms with Crippen molar-refractivity contribution in [2.75, 3.05) is 0 Å². The summed E-state index contributed by atoms with van der Waals surface area (Å²) in [6, 6.07) is 12.1. The lowest BCUT2D eigenvalue weighted by molar-refractivity contribution is -0.121. The van der Waals surface area contributed by atoms with Crippen LogP contribution < -0.4 is 10.9 Å². The van der Waals surface area contributed by atoms with Gasteiger partial charge in [-0.25, -0.2) is 0 Å². The molecule has 0 saturated carbocycles. The predicted molar refractivity (Wildman–Crippen MR) is 104 cm³/mol. The minimum Gasteiger partial charge on any atom is -0.294 e. The number of carbonyl (C=O) groups is 3. The fourth-order valence-corrected chi connectivity index (χ4v) is 3.27. The van der Waals surface area contributed by atoms with E-state index >= 15 is 0 Å². The third-order valence-corrected chi connectivity index (χ3v) is 4.92. The second-order valence-corrected chi connectivity index (χ2v) is 7.06. The van der Waals surface area contributed by atoms with Crippen molar-refractivity contribution < 1.29 is 14.4 Å². The molecule has 2 amide bonds. The first kappa shape index (κ1) is 19.1. The van der Waals surface area contributed by atoms with E-state index in [1.165, 1.54) is 17.5 Å². The van der Waals surface area contributed by atoms with Crippen LogP contribution in [0.2, 0.25) is 5.02 Å². The van der Waals surface area contributed by atoms with Gasteiger partial charge >= 0.3 is 0 Å². The minimum atomic E-state index is -0.443. The Morgan fingerprint density at radius 1 is 0.815 bits per heavy atom. The van der Waals surface area contributed by atoms with Gasteiger partial charge in [-0.05, 0) is 67.1 Å². The van der Waals surface area contributed by atoms with Crippen LogP contribution in [0.4, 0.5) is 0 Å². The highest BCUT2D eigenvalue weighted by Crippen LogP contribution is 2.22. The van der Waals surface area contributed by atoms with Crippen molar-refractivity contribution in [1.82, 2.24) is 10.9 Å². The molecule has 0 aliphatic heterocycles. The quantitative estimate of drug-likeness (QED) is 0.610. The van der Waals surface area contributed by atoms with Crippen molar-refractivity contribution in [3.05, 3.63) is 69.7 Å². The van der Waals surface area contributed by atoms with Crippen molar-refractivity contribution in [3.8, 4) is 0 Å². The fraction of sp³-hybridized carbons (Fsp3) is 0.286. The summed E-state index contributed by atoms with van der Waals surface area (Å²) in [5.41, 5.74) is 8.25. The van der Waals surface area contributed by atoms with E-state index in [1.54, 1.807) is 24.3 Å². The van der Waals surface area contributed by atoms with Gasteiger partial charge in [0, 0.05) is 29.0 Å². The lowest BCUT2D eigenvalue weighted by atomic mass is 9.89. The molecule has 0 heterocycles. The summed E-state index contributed by atoms with van der Waals surface area (Å²) in [5.74, 6) is -0.924. The zero-order valence-corrected chi connectivity index (χ0v) is 15.6. The summed E-state index contributed by atoms with van der Waals surface area (Å²) in [5, 5.41) is 0.524. The number of amides is 2. The van der Waals surface area contributed by atoms with Gasteiger partial charge in [0.25, 0.3) is 5.91 Å². The Morgan fingerprint density at radius 2 is 1.48 bits per heavy atom. The molecule has 0 aromatic heterocycles. The van der Waals surface area contributed by atoms with Crippen LogP contribution >= 0.6 is 11.6 Å². The van der Waals surface area contributed by atoms with E-state index in [9.17, 15) is 14.4 Å². The second kappa shape index (κ2) is 8.82. The molecule has 0 spiro atoms. The Kier molecular flexibility index (Phi) is 6.24. The molecule has 2 aromatic carbocycles. The van der Waals surface area contributed by atoms with Gasteiger partial charge in [0.2, 0.25) is 5.91 Å². The van der Waals surface area contributed by atoms with Gasteiger partial charge in [-0.3, -0.25) is 25.2 Å². The molecule has 0 unspecified atom stereocenters. The Balaban J connectivity index is 1.46. The fourth-order valence-electron chi connectivity index (χ4n) is 3.14. The first-order chi connectivity index (χ1) is 13.0. The largest absolute Gasteiger partial charge is 0.294 e. The normalized spacial score (nSPS) is 12.8. The first-order valence-corrected chi connectivity index (χ1v) is 9.40. The number of nitrogens with one attached hydrogen (secondary N) is 2. The molecular weight excluding hydrogens is 364 g/mol. The number of ketones is 1. The van der Waals surface area contributed by atoms with Crippen molar-refractivity contribution >= 4 is 29.2 Å². The second-order valence-electron chi connectivity index (χ2n) is 6.62. The zero-order valence-electron chi connectivity index (χ0n) is 14.9. The van der Waals surface area contributed by atoms with Crippen molar-refractivity contribution in [2.24, 2.45) is 0 Å². The van der Waals surface area contributed by atoms with Crippen LogP contribution in [-0.4, -0.2) is 17.6 Å². The third kappa shape index (κ3) is 5.17. The van der Waals surface area contributed by atoms with Crippen LogP contribution in [0, 0.1) is 0 Å². The maximum atomic E-state index is 12.3. The summed E-state index contributed by atoms with van der Waals surface area (Å²) in [4.78, 5) is 36.2. The molecule has 1 aliphatic carbocycles. The molecule has 0 radical (unpaired) electrons. The number of hydrogen-bond donors (Lipinski definition) is 2. The molecule has 140 valence electrons. The van der Waals surface area contributed by atoms with Gasteiger partial charge in [0.15, 0.2) is 5.78 Å². The number of carbonyl (C=O) groups excluding carboxylic acids is 3. The highest BCUT2D eigenvalue weighted by molar-refractivity contribution is 6.30. The molecular formula is C21H21ClN2O3. The van der Waals surface area contributed by atoms with E-state index < -0.39 is 11.8 Å². The molecule has 0 atom stereocenters. The number of Topliss-reactive ketones (excluding diaryl/α,β-unsaturated/α-hetero) is 1. The van der Waals surface area contributed by atoms with E-state index in [2.05, 4.69) is 10.9 Å². The number of benzene rings is 2. The van der Waals surface area contributed by atoms with Crippen molar-refractivity contribution in [1.29, 1.82) is 0 Å². The number of aryl methyl sites for hydroxylation is 2. The summed E-state index contributed by atoms with van der Waals surface area (Å²) >= 11 is 5.77. The Labute approximate surface area is 163 Å². The Bertz CT molecular complexity index is 862. The highest BCUT2D eigenvalue weighted by Gasteiger charge is 2.14. The van der Waals surface area contributed by atoms with Gasteiger partial charge < -0.3 is 0 Å². The smallest absolute Gasteiger partial charge is 0.269 e. The van der Waals surface area contributed by atoms with Crippen molar-refractivity contribution in [2.45, 2.75) is 38.5 Å². The number of rotatable bonds is 5. The van der Waals surface area contributed by atoms with Crippen LogP contribution in [0.25, 0.3) is 0 Å². The molecule has 27 heavy (non-hydrogen) atoms. The maximum Gasteiger partial charge on any atom is 0.269 e. The molecule has 3 rings (SSSR count). The number of halogens is 1. The Morgan fingerprint density at radius 3 is 2.22 bits per heavy atom. The molecule has 0 fully saturated rings. The van der Waals surface area contributed by atoms with Crippen molar-refractivity contribution in [3.63, 3.8) is 0 Å². The van der Waals surface area contributed by atoms with Gasteiger partial charge in [0.1, 0.15) is 0 Å². The number of fused-ring (bicyclic) bond motifs is 1. The van der Waals surface area contributed by atoms with Gasteiger partial charge in [-0.1, -0.05) is 23.7 Å². The molecule has 1 aliphatic rings. The van der Waals surface area contributed by atoms with E-state index in [4.69, 9.17) is 11.6 Å². The average molecular weight is 385 g/mol. The van der Waals surface area contributed by atoms with Crippen LogP contribution in [0.15, 0.2) is 42.5 Å².